The molecular formula is C17H29IN4O2. The molecule has 1 amide bonds. The van der Waals surface area contributed by atoms with Crippen LogP contribution in [0.3, 0.4) is 0 Å². The maximum Gasteiger partial charge on any atom is 0.239 e. The minimum atomic E-state index is -0.0350. The minimum Gasteiger partial charge on any atom is -0.494 e. The van der Waals surface area contributed by atoms with Gasteiger partial charge in [0.2, 0.25) is 5.91 Å². The van der Waals surface area contributed by atoms with Crippen molar-refractivity contribution < 1.29 is 9.53 Å². The number of benzene rings is 1. The molecule has 24 heavy (non-hydrogen) atoms. The number of amides is 1. The van der Waals surface area contributed by atoms with E-state index in [0.29, 0.717) is 25.7 Å². The zero-order valence-electron chi connectivity index (χ0n) is 14.7. The van der Waals surface area contributed by atoms with Gasteiger partial charge in [0.15, 0.2) is 5.96 Å². The van der Waals surface area contributed by atoms with Gasteiger partial charge in [-0.2, -0.15) is 0 Å². The molecule has 0 unspecified atom stereocenters. The topological polar surface area (TPSA) is 74.8 Å². The normalized spacial score (nSPS) is 10.5. The zero-order valence-corrected chi connectivity index (χ0v) is 17.1. The van der Waals surface area contributed by atoms with Crippen LogP contribution in [0, 0.1) is 0 Å². The highest BCUT2D eigenvalue weighted by Crippen LogP contribution is 2.18. The summed E-state index contributed by atoms with van der Waals surface area (Å²) in [5, 5.41) is 9.00. The fourth-order valence-corrected chi connectivity index (χ4v) is 1.93. The summed E-state index contributed by atoms with van der Waals surface area (Å²) in [6.07, 6.45) is 0.925. The first-order valence-corrected chi connectivity index (χ1v) is 8.20. The average Bonchev–Trinajstić information content (AvgIpc) is 2.57. The number of para-hydroxylation sites is 1. The van der Waals surface area contributed by atoms with E-state index in [-0.39, 0.29) is 36.4 Å². The molecule has 0 bridgehead atoms. The molecule has 7 heteroatoms. The second-order valence-electron chi connectivity index (χ2n) is 4.94. The first-order valence-electron chi connectivity index (χ1n) is 8.20. The van der Waals surface area contributed by atoms with Gasteiger partial charge in [-0.3, -0.25) is 4.79 Å². The molecule has 0 atom stereocenters. The predicted molar refractivity (Wildman–Crippen MR) is 109 cm³/mol. The van der Waals surface area contributed by atoms with Gasteiger partial charge in [0, 0.05) is 18.7 Å². The van der Waals surface area contributed by atoms with Gasteiger partial charge in [0.05, 0.1) is 19.7 Å². The molecule has 136 valence electrons. The molecule has 0 aliphatic heterocycles. The Labute approximate surface area is 161 Å². The van der Waals surface area contributed by atoms with Crippen LogP contribution < -0.4 is 20.7 Å². The van der Waals surface area contributed by atoms with Gasteiger partial charge < -0.3 is 20.7 Å². The molecular weight excluding hydrogens is 419 g/mol. The number of halogens is 1. The lowest BCUT2D eigenvalue weighted by molar-refractivity contribution is -0.120. The standard InChI is InChI=1S/C17H28N4O2.HI/c1-4-11-19-16(22)13-21-17(18-5-2)20-12-14-9-7-8-10-15(14)23-6-3;/h7-10H,4-6,11-13H2,1-3H3,(H,19,22)(H2,18,20,21);1H. The fraction of sp³-hybridized carbons (Fsp3) is 0.529. The summed E-state index contributed by atoms with van der Waals surface area (Å²) < 4.78 is 5.60. The minimum absolute atomic E-state index is 0. The first kappa shape index (κ1) is 22.5. The van der Waals surface area contributed by atoms with Crippen LogP contribution in [0.1, 0.15) is 32.8 Å². The van der Waals surface area contributed by atoms with E-state index in [9.17, 15) is 4.79 Å². The molecule has 0 radical (unpaired) electrons. The van der Waals surface area contributed by atoms with Crippen molar-refractivity contribution in [1.82, 2.24) is 16.0 Å². The molecule has 0 aromatic heterocycles. The SMILES string of the molecule is CCCNC(=O)CNC(=NCc1ccccc1OCC)NCC.I. The number of aliphatic imine (C=N–C) groups is 1. The Kier molecular flexibility index (Phi) is 13.0. The molecule has 6 nitrogen and oxygen atoms in total. The summed E-state index contributed by atoms with van der Waals surface area (Å²) in [5.74, 6) is 1.42. The van der Waals surface area contributed by atoms with Crippen molar-refractivity contribution in [3.63, 3.8) is 0 Å². The number of nitrogens with one attached hydrogen (secondary N) is 3. The molecule has 0 fully saturated rings. The van der Waals surface area contributed by atoms with Crippen LogP contribution in [0.4, 0.5) is 0 Å². The summed E-state index contributed by atoms with van der Waals surface area (Å²) in [6, 6.07) is 7.84. The molecule has 0 aliphatic carbocycles. The van der Waals surface area contributed by atoms with E-state index in [2.05, 4.69) is 20.9 Å². The Morgan fingerprint density at radius 3 is 2.54 bits per heavy atom. The Hall–Kier alpha value is -1.51. The molecule has 0 spiro atoms. The fourth-order valence-electron chi connectivity index (χ4n) is 1.93. The second kappa shape index (κ2) is 13.9. The molecule has 3 N–H and O–H groups in total. The van der Waals surface area contributed by atoms with Crippen molar-refractivity contribution in [2.45, 2.75) is 33.7 Å². The van der Waals surface area contributed by atoms with Crippen LogP contribution in [-0.2, 0) is 11.3 Å². The Bertz CT molecular complexity index is 509. The lowest BCUT2D eigenvalue weighted by atomic mass is 10.2. The van der Waals surface area contributed by atoms with Crippen LogP contribution in [0.2, 0.25) is 0 Å². The van der Waals surface area contributed by atoms with Crippen molar-refractivity contribution in [2.24, 2.45) is 4.99 Å². The van der Waals surface area contributed by atoms with Gasteiger partial charge in [-0.1, -0.05) is 25.1 Å². The number of ether oxygens (including phenoxy) is 1. The van der Waals surface area contributed by atoms with Crippen molar-refractivity contribution >= 4 is 35.8 Å². The van der Waals surface area contributed by atoms with Gasteiger partial charge in [0.25, 0.3) is 0 Å². The lowest BCUT2D eigenvalue weighted by Crippen LogP contribution is -2.43. The van der Waals surface area contributed by atoms with E-state index < -0.39 is 0 Å². The van der Waals surface area contributed by atoms with Crippen molar-refractivity contribution in [3.8, 4) is 5.75 Å². The number of nitrogens with zero attached hydrogens (tertiary/aromatic N) is 1. The van der Waals surface area contributed by atoms with Crippen LogP contribution in [0.25, 0.3) is 0 Å². The zero-order chi connectivity index (χ0) is 16.9. The van der Waals surface area contributed by atoms with Gasteiger partial charge in [-0.15, -0.1) is 24.0 Å². The first-order chi connectivity index (χ1) is 11.2. The number of hydrogen-bond acceptors (Lipinski definition) is 3. The molecule has 0 aliphatic rings. The van der Waals surface area contributed by atoms with Crippen molar-refractivity contribution in [1.29, 1.82) is 0 Å². The van der Waals surface area contributed by atoms with E-state index in [1.165, 1.54) is 0 Å². The molecule has 1 aromatic rings. The number of guanidine groups is 1. The van der Waals surface area contributed by atoms with Gasteiger partial charge in [-0.25, -0.2) is 4.99 Å². The number of rotatable bonds is 9. The maximum atomic E-state index is 11.6. The summed E-state index contributed by atoms with van der Waals surface area (Å²) in [7, 11) is 0. The van der Waals surface area contributed by atoms with Crippen LogP contribution in [0.15, 0.2) is 29.3 Å². The highest BCUT2D eigenvalue weighted by Gasteiger charge is 2.05. The van der Waals surface area contributed by atoms with E-state index >= 15 is 0 Å². The van der Waals surface area contributed by atoms with Gasteiger partial charge >= 0.3 is 0 Å². The van der Waals surface area contributed by atoms with E-state index in [0.717, 1.165) is 24.3 Å². The van der Waals surface area contributed by atoms with Crippen molar-refractivity contribution in [3.05, 3.63) is 29.8 Å². The largest absolute Gasteiger partial charge is 0.494 e. The number of carbonyl (C=O) groups excluding carboxylic acids is 1. The summed E-state index contributed by atoms with van der Waals surface area (Å²) in [5.41, 5.74) is 1.02. The highest BCUT2D eigenvalue weighted by atomic mass is 127. The van der Waals surface area contributed by atoms with Gasteiger partial charge in [-0.05, 0) is 26.3 Å². The van der Waals surface area contributed by atoms with Crippen molar-refractivity contribution in [2.75, 3.05) is 26.2 Å². The van der Waals surface area contributed by atoms with Gasteiger partial charge in [0.1, 0.15) is 5.75 Å². The predicted octanol–water partition coefficient (Wildman–Crippen LogP) is 2.28. The Morgan fingerprint density at radius 2 is 1.88 bits per heavy atom. The third kappa shape index (κ3) is 8.95. The quantitative estimate of drug-likeness (QED) is 0.308. The third-order valence-corrected chi connectivity index (χ3v) is 3.01. The van der Waals surface area contributed by atoms with Crippen LogP contribution >= 0.6 is 24.0 Å². The molecule has 0 saturated heterocycles. The molecule has 0 saturated carbocycles. The Morgan fingerprint density at radius 1 is 1.12 bits per heavy atom. The molecule has 0 heterocycles. The average molecular weight is 448 g/mol. The highest BCUT2D eigenvalue weighted by molar-refractivity contribution is 14.0. The van der Waals surface area contributed by atoms with Crippen LogP contribution in [0.5, 0.6) is 5.75 Å². The van der Waals surface area contributed by atoms with E-state index in [1.54, 1.807) is 0 Å². The van der Waals surface area contributed by atoms with Crippen LogP contribution in [-0.4, -0.2) is 38.1 Å². The van der Waals surface area contributed by atoms with E-state index in [4.69, 9.17) is 4.74 Å². The smallest absolute Gasteiger partial charge is 0.239 e. The number of carbonyl (C=O) groups is 1. The monoisotopic (exact) mass is 448 g/mol. The number of hydrogen-bond donors (Lipinski definition) is 3. The third-order valence-electron chi connectivity index (χ3n) is 3.01. The second-order valence-corrected chi connectivity index (χ2v) is 4.94. The molecule has 1 aromatic carbocycles. The summed E-state index contributed by atoms with van der Waals surface area (Å²) in [4.78, 5) is 16.2. The Balaban J connectivity index is 0.00000529. The molecule has 1 rings (SSSR count). The summed E-state index contributed by atoms with van der Waals surface area (Å²) in [6.45, 7) is 8.71. The summed E-state index contributed by atoms with van der Waals surface area (Å²) >= 11 is 0. The lowest BCUT2D eigenvalue weighted by Gasteiger charge is -2.12. The maximum absolute atomic E-state index is 11.6. The van der Waals surface area contributed by atoms with E-state index in [1.807, 2.05) is 45.0 Å².